The molecule has 0 fully saturated rings. The van der Waals surface area contributed by atoms with Crippen molar-refractivity contribution in [1.82, 2.24) is 14.9 Å². The first-order chi connectivity index (χ1) is 9.70. The van der Waals surface area contributed by atoms with Crippen LogP contribution in [0.4, 0.5) is 0 Å². The van der Waals surface area contributed by atoms with Gasteiger partial charge < -0.3 is 9.94 Å². The van der Waals surface area contributed by atoms with Gasteiger partial charge in [-0.15, -0.1) is 5.10 Å². The lowest BCUT2D eigenvalue weighted by atomic mass is 10.2. The summed E-state index contributed by atoms with van der Waals surface area (Å²) in [5.41, 5.74) is 1.73. The fourth-order valence-electron chi connectivity index (χ4n) is 1.56. The minimum atomic E-state index is -0.304. The third kappa shape index (κ3) is 4.08. The molecule has 108 valence electrons. The average Bonchev–Trinajstić information content (AvgIpc) is 2.88. The van der Waals surface area contributed by atoms with E-state index in [1.54, 1.807) is 24.4 Å². The van der Waals surface area contributed by atoms with Crippen LogP contribution < -0.4 is 0 Å². The summed E-state index contributed by atoms with van der Waals surface area (Å²) < 4.78 is 4.55. The monoisotopic (exact) mass is 277 g/mol. The Morgan fingerprint density at radius 1 is 1.40 bits per heavy atom. The molecule has 0 radical (unpaired) electrons. The van der Waals surface area contributed by atoms with Crippen molar-refractivity contribution in [3.63, 3.8) is 0 Å². The van der Waals surface area contributed by atoms with E-state index < -0.39 is 0 Å². The van der Waals surface area contributed by atoms with E-state index in [2.05, 4.69) is 14.8 Å². The number of rotatable bonds is 4. The molecule has 0 aliphatic carbocycles. The Bertz CT molecular complexity index is 538. The highest BCUT2D eigenvalue weighted by atomic mass is 16.5. The quantitative estimate of drug-likeness (QED) is 0.685. The number of methoxy groups -OCH3 is 1. The molecule has 0 amide bonds. The lowest BCUT2D eigenvalue weighted by molar-refractivity contribution is -0.140. The van der Waals surface area contributed by atoms with Crippen molar-refractivity contribution in [1.29, 1.82) is 0 Å². The first-order valence-corrected chi connectivity index (χ1v) is 6.47. The normalized spacial score (nSPS) is 9.55. The van der Waals surface area contributed by atoms with E-state index in [1.807, 2.05) is 19.9 Å². The van der Waals surface area contributed by atoms with Crippen LogP contribution in [0.25, 0.3) is 11.4 Å². The van der Waals surface area contributed by atoms with E-state index in [9.17, 15) is 10.0 Å². The number of aromatic nitrogens is 3. The number of esters is 1. The van der Waals surface area contributed by atoms with Gasteiger partial charge in [0.25, 0.3) is 0 Å². The third-order valence-electron chi connectivity index (χ3n) is 2.48. The van der Waals surface area contributed by atoms with Crippen LogP contribution in [0.1, 0.15) is 26.0 Å². The smallest absolute Gasteiger partial charge is 0.305 e. The second-order valence-electron chi connectivity index (χ2n) is 3.70. The van der Waals surface area contributed by atoms with Crippen molar-refractivity contribution >= 4 is 5.97 Å². The molecule has 0 spiro atoms. The van der Waals surface area contributed by atoms with E-state index in [4.69, 9.17) is 0 Å². The molecular weight excluding hydrogens is 258 g/mol. The van der Waals surface area contributed by atoms with E-state index in [1.165, 1.54) is 7.11 Å². The highest BCUT2D eigenvalue weighted by Crippen LogP contribution is 2.17. The Labute approximate surface area is 118 Å². The van der Waals surface area contributed by atoms with E-state index >= 15 is 0 Å². The predicted molar refractivity (Wildman–Crippen MR) is 74.3 cm³/mol. The Hall–Kier alpha value is -2.37. The fraction of sp³-hybridized carbons (Fsp3) is 0.357. The Balaban J connectivity index is 0.000000956. The predicted octanol–water partition coefficient (Wildman–Crippen LogP) is 2.31. The standard InChI is InChI=1S/C12H13N3O3.C2H6/c1-18-12(16)6-5-9-8-11(15(17)14-9)10-4-2-3-7-13-10;1-2/h2-4,7-8,17H,5-6H2,1H3;1-2H3. The molecule has 0 saturated heterocycles. The summed E-state index contributed by atoms with van der Waals surface area (Å²) in [7, 11) is 1.34. The summed E-state index contributed by atoms with van der Waals surface area (Å²) >= 11 is 0. The molecule has 2 aromatic rings. The molecule has 2 heterocycles. The first-order valence-electron chi connectivity index (χ1n) is 6.47. The van der Waals surface area contributed by atoms with Gasteiger partial charge in [-0.2, -0.15) is 0 Å². The molecule has 0 aromatic carbocycles. The average molecular weight is 277 g/mol. The van der Waals surface area contributed by atoms with E-state index in [-0.39, 0.29) is 12.4 Å². The van der Waals surface area contributed by atoms with Gasteiger partial charge in [0.15, 0.2) is 0 Å². The maximum absolute atomic E-state index is 11.0. The van der Waals surface area contributed by atoms with Gasteiger partial charge in [-0.1, -0.05) is 24.8 Å². The molecule has 6 nitrogen and oxygen atoms in total. The van der Waals surface area contributed by atoms with E-state index in [0.29, 0.717) is 23.5 Å². The van der Waals surface area contributed by atoms with Gasteiger partial charge in [-0.25, -0.2) is 0 Å². The maximum Gasteiger partial charge on any atom is 0.305 e. The number of pyridine rings is 1. The van der Waals surface area contributed by atoms with Gasteiger partial charge in [0, 0.05) is 12.6 Å². The molecule has 2 rings (SSSR count). The second-order valence-corrected chi connectivity index (χ2v) is 3.70. The summed E-state index contributed by atoms with van der Waals surface area (Å²) in [5.74, 6) is -0.304. The summed E-state index contributed by atoms with van der Waals surface area (Å²) in [5, 5.41) is 13.6. The highest BCUT2D eigenvalue weighted by molar-refractivity contribution is 5.69. The Morgan fingerprint density at radius 3 is 2.75 bits per heavy atom. The first kappa shape index (κ1) is 15.7. The molecule has 0 bridgehead atoms. The topological polar surface area (TPSA) is 77.2 Å². The minimum absolute atomic E-state index is 0.231. The van der Waals surface area contributed by atoms with Gasteiger partial charge in [0.05, 0.1) is 24.9 Å². The van der Waals surface area contributed by atoms with Gasteiger partial charge >= 0.3 is 5.97 Å². The van der Waals surface area contributed by atoms with Crippen LogP contribution in [0.3, 0.4) is 0 Å². The van der Waals surface area contributed by atoms with Gasteiger partial charge in [-0.05, 0) is 18.2 Å². The van der Waals surface area contributed by atoms with Gasteiger partial charge in [-0.3, -0.25) is 9.78 Å². The zero-order valence-corrected chi connectivity index (χ0v) is 11.9. The summed E-state index contributed by atoms with van der Waals surface area (Å²) in [6, 6.07) is 7.09. The van der Waals surface area contributed by atoms with Crippen LogP contribution in [0, 0.1) is 0 Å². The van der Waals surface area contributed by atoms with Crippen molar-refractivity contribution in [3.8, 4) is 11.4 Å². The van der Waals surface area contributed by atoms with Gasteiger partial charge in [0.2, 0.25) is 0 Å². The number of nitrogens with zero attached hydrogens (tertiary/aromatic N) is 3. The zero-order chi connectivity index (χ0) is 15.0. The van der Waals surface area contributed by atoms with Crippen LogP contribution >= 0.6 is 0 Å². The van der Waals surface area contributed by atoms with Crippen molar-refractivity contribution in [2.75, 3.05) is 7.11 Å². The summed E-state index contributed by atoms with van der Waals surface area (Å²) in [4.78, 5) is 15.9. The number of ether oxygens (including phenoxy) is 1. The third-order valence-corrected chi connectivity index (χ3v) is 2.48. The van der Waals surface area contributed by atoms with Crippen molar-refractivity contribution < 1.29 is 14.7 Å². The fourth-order valence-corrected chi connectivity index (χ4v) is 1.56. The van der Waals surface area contributed by atoms with Crippen LogP contribution in [0.15, 0.2) is 30.5 Å². The zero-order valence-electron chi connectivity index (χ0n) is 11.9. The number of carbonyl (C=O) groups is 1. The summed E-state index contributed by atoms with van der Waals surface area (Å²) in [6.45, 7) is 4.00. The van der Waals surface area contributed by atoms with Gasteiger partial charge in [0.1, 0.15) is 5.69 Å². The molecular formula is C14H19N3O3. The van der Waals surface area contributed by atoms with Crippen LogP contribution in [0.2, 0.25) is 0 Å². The highest BCUT2D eigenvalue weighted by Gasteiger charge is 2.11. The largest absolute Gasteiger partial charge is 0.469 e. The van der Waals surface area contributed by atoms with E-state index in [0.717, 1.165) is 4.85 Å². The maximum atomic E-state index is 11.0. The van der Waals surface area contributed by atoms with Crippen LogP contribution in [0.5, 0.6) is 0 Å². The Kier molecular flexibility index (Phi) is 6.22. The molecule has 0 aliphatic heterocycles. The molecule has 0 saturated carbocycles. The molecule has 0 unspecified atom stereocenters. The minimum Gasteiger partial charge on any atom is -0.469 e. The van der Waals surface area contributed by atoms with Crippen LogP contribution in [-0.2, 0) is 16.0 Å². The molecule has 20 heavy (non-hydrogen) atoms. The molecule has 0 aliphatic rings. The lowest BCUT2D eigenvalue weighted by Crippen LogP contribution is -2.02. The summed E-state index contributed by atoms with van der Waals surface area (Å²) in [6.07, 6.45) is 2.28. The molecule has 0 atom stereocenters. The second kappa shape index (κ2) is 7.93. The molecule has 2 aromatic heterocycles. The van der Waals surface area contributed by atoms with Crippen molar-refractivity contribution in [2.24, 2.45) is 0 Å². The number of aryl methyl sites for hydroxylation is 1. The van der Waals surface area contributed by atoms with Crippen molar-refractivity contribution in [2.45, 2.75) is 26.7 Å². The number of hydrogen-bond donors (Lipinski definition) is 1. The SMILES string of the molecule is CC.COC(=O)CCc1cc(-c2ccccn2)n(O)n1. The van der Waals surface area contributed by atoms with Crippen molar-refractivity contribution in [3.05, 3.63) is 36.2 Å². The van der Waals surface area contributed by atoms with Crippen LogP contribution in [-0.4, -0.2) is 33.2 Å². The molecule has 1 N–H and O–H groups in total. The number of carbonyl (C=O) groups excluding carboxylic acids is 1. The lowest BCUT2D eigenvalue weighted by Gasteiger charge is -1.97. The Morgan fingerprint density at radius 2 is 2.15 bits per heavy atom. The molecule has 6 heteroatoms. The number of hydrogen-bond acceptors (Lipinski definition) is 5.